The molecule has 1 unspecified atom stereocenters. The molecule has 5 heteroatoms. The van der Waals surface area contributed by atoms with Crippen molar-refractivity contribution in [3.63, 3.8) is 0 Å². The van der Waals surface area contributed by atoms with Crippen LogP contribution < -0.4 is 10.1 Å². The Labute approximate surface area is 114 Å². The Kier molecular flexibility index (Phi) is 3.04. The van der Waals surface area contributed by atoms with E-state index in [4.69, 9.17) is 4.74 Å². The van der Waals surface area contributed by atoms with E-state index >= 15 is 0 Å². The highest BCUT2D eigenvalue weighted by atomic mass is 19.1. The van der Waals surface area contributed by atoms with E-state index in [0.29, 0.717) is 23.3 Å². The summed E-state index contributed by atoms with van der Waals surface area (Å²) in [6, 6.07) is 5.94. The number of nitrogens with one attached hydrogen (secondary N) is 1. The van der Waals surface area contributed by atoms with Gasteiger partial charge in [-0.3, -0.25) is 0 Å². The highest BCUT2D eigenvalue weighted by Gasteiger charge is 2.27. The molecule has 0 radical (unpaired) electrons. The average molecular weight is 279 g/mol. The predicted octanol–water partition coefficient (Wildman–Crippen LogP) is 3.82. The Morgan fingerprint density at radius 1 is 1.10 bits per heavy atom. The first kappa shape index (κ1) is 12.8. The molecule has 0 fully saturated rings. The van der Waals surface area contributed by atoms with Crippen molar-refractivity contribution in [3.05, 3.63) is 58.9 Å². The molecule has 2 aromatic rings. The molecule has 104 valence electrons. The van der Waals surface area contributed by atoms with Gasteiger partial charge in [0.1, 0.15) is 23.2 Å². The van der Waals surface area contributed by atoms with Gasteiger partial charge in [-0.1, -0.05) is 0 Å². The first-order chi connectivity index (χ1) is 9.58. The number of halogens is 3. The van der Waals surface area contributed by atoms with Gasteiger partial charge in [0, 0.05) is 11.6 Å². The zero-order valence-corrected chi connectivity index (χ0v) is 10.7. The van der Waals surface area contributed by atoms with Gasteiger partial charge < -0.3 is 10.1 Å². The van der Waals surface area contributed by atoms with Crippen LogP contribution in [0.1, 0.15) is 17.2 Å². The van der Waals surface area contributed by atoms with Gasteiger partial charge in [0.25, 0.3) is 0 Å². The van der Waals surface area contributed by atoms with Crippen LogP contribution in [0.15, 0.2) is 30.3 Å². The van der Waals surface area contributed by atoms with E-state index in [9.17, 15) is 13.2 Å². The number of ether oxygens (including phenoxy) is 1. The number of methoxy groups -OCH3 is 1. The van der Waals surface area contributed by atoms with Crippen LogP contribution in [0.25, 0.3) is 0 Å². The molecule has 1 heterocycles. The molecule has 3 rings (SSSR count). The Morgan fingerprint density at radius 3 is 2.65 bits per heavy atom. The zero-order chi connectivity index (χ0) is 14.3. The molecule has 2 nitrogen and oxygen atoms in total. The molecule has 1 aliphatic rings. The molecule has 0 aromatic heterocycles. The van der Waals surface area contributed by atoms with E-state index in [2.05, 4.69) is 5.32 Å². The summed E-state index contributed by atoms with van der Waals surface area (Å²) in [6.45, 7) is 0. The van der Waals surface area contributed by atoms with E-state index in [1.807, 2.05) is 0 Å². The Morgan fingerprint density at radius 2 is 1.90 bits per heavy atom. The van der Waals surface area contributed by atoms with Crippen molar-refractivity contribution in [1.29, 1.82) is 0 Å². The van der Waals surface area contributed by atoms with Gasteiger partial charge in [0.05, 0.1) is 18.8 Å². The third-order valence-corrected chi connectivity index (χ3v) is 3.45. The highest BCUT2D eigenvalue weighted by Crippen LogP contribution is 2.39. The van der Waals surface area contributed by atoms with E-state index in [1.165, 1.54) is 31.4 Å². The third-order valence-electron chi connectivity index (χ3n) is 3.45. The molecule has 0 saturated carbocycles. The van der Waals surface area contributed by atoms with Gasteiger partial charge in [-0.25, -0.2) is 13.2 Å². The van der Waals surface area contributed by atoms with Crippen molar-refractivity contribution in [1.82, 2.24) is 0 Å². The van der Waals surface area contributed by atoms with Crippen LogP contribution in [0.5, 0.6) is 5.75 Å². The summed E-state index contributed by atoms with van der Waals surface area (Å²) in [5.41, 5.74) is 1.39. The first-order valence-electron chi connectivity index (χ1n) is 6.16. The molecule has 2 aromatic carbocycles. The van der Waals surface area contributed by atoms with Crippen LogP contribution in [0.3, 0.4) is 0 Å². The van der Waals surface area contributed by atoms with Crippen molar-refractivity contribution in [3.8, 4) is 5.75 Å². The Hall–Kier alpha value is -2.17. The zero-order valence-electron chi connectivity index (χ0n) is 10.7. The first-order valence-corrected chi connectivity index (χ1v) is 6.16. The summed E-state index contributed by atoms with van der Waals surface area (Å²) in [5.74, 6) is -1.14. The van der Waals surface area contributed by atoms with Crippen LogP contribution >= 0.6 is 0 Å². The molecule has 1 N–H and O–H groups in total. The molecule has 0 aliphatic carbocycles. The lowest BCUT2D eigenvalue weighted by Crippen LogP contribution is -2.08. The lowest BCUT2D eigenvalue weighted by molar-refractivity contribution is 0.406. The van der Waals surface area contributed by atoms with Crippen molar-refractivity contribution in [2.75, 3.05) is 12.4 Å². The molecule has 0 saturated heterocycles. The summed E-state index contributed by atoms with van der Waals surface area (Å²) in [6.07, 6.45) is 0.379. The largest absolute Gasteiger partial charge is 0.496 e. The van der Waals surface area contributed by atoms with Crippen molar-refractivity contribution in [2.45, 2.75) is 12.5 Å². The summed E-state index contributed by atoms with van der Waals surface area (Å²) >= 11 is 0. The fraction of sp³-hybridized carbons (Fsp3) is 0.200. The number of benzene rings is 2. The molecule has 0 amide bonds. The minimum Gasteiger partial charge on any atom is -0.496 e. The monoisotopic (exact) mass is 279 g/mol. The number of fused-ring (bicyclic) bond motifs is 1. The van der Waals surface area contributed by atoms with Crippen LogP contribution in [0, 0.1) is 17.5 Å². The second-order valence-corrected chi connectivity index (χ2v) is 4.71. The van der Waals surface area contributed by atoms with E-state index in [1.54, 1.807) is 0 Å². The quantitative estimate of drug-likeness (QED) is 0.902. The number of anilines is 1. The third kappa shape index (κ3) is 2.09. The molecule has 1 aliphatic heterocycles. The van der Waals surface area contributed by atoms with E-state index in [-0.39, 0.29) is 11.7 Å². The van der Waals surface area contributed by atoms with Gasteiger partial charge in [0.2, 0.25) is 0 Å². The van der Waals surface area contributed by atoms with Crippen LogP contribution in [-0.2, 0) is 6.42 Å². The molecule has 20 heavy (non-hydrogen) atoms. The fourth-order valence-electron chi connectivity index (χ4n) is 2.56. The van der Waals surface area contributed by atoms with Crippen LogP contribution in [0.4, 0.5) is 18.9 Å². The van der Waals surface area contributed by atoms with Gasteiger partial charge in [0.15, 0.2) is 0 Å². The highest BCUT2D eigenvalue weighted by molar-refractivity contribution is 5.60. The van der Waals surface area contributed by atoms with Gasteiger partial charge in [-0.05, 0) is 36.2 Å². The topological polar surface area (TPSA) is 21.3 Å². The molecule has 1 atom stereocenters. The maximum atomic E-state index is 13.7. The summed E-state index contributed by atoms with van der Waals surface area (Å²) < 4.78 is 45.5. The molecular weight excluding hydrogens is 267 g/mol. The van der Waals surface area contributed by atoms with Crippen molar-refractivity contribution in [2.24, 2.45) is 0 Å². The standard InChI is InChI=1S/C15H12F3NO/c1-20-14-3-2-9(16)6-11(14)13-5-8-4-10(17)7-12(18)15(8)19-13/h2-4,6-7,13,19H,5H2,1H3. The number of hydrogen-bond acceptors (Lipinski definition) is 2. The number of rotatable bonds is 2. The SMILES string of the molecule is COc1ccc(F)cc1C1Cc2cc(F)cc(F)c2N1. The normalized spacial score (nSPS) is 16.7. The summed E-state index contributed by atoms with van der Waals surface area (Å²) in [5, 5.41) is 2.96. The molecule has 0 bridgehead atoms. The maximum Gasteiger partial charge on any atom is 0.149 e. The van der Waals surface area contributed by atoms with Crippen LogP contribution in [-0.4, -0.2) is 7.11 Å². The van der Waals surface area contributed by atoms with Gasteiger partial charge in [-0.2, -0.15) is 0 Å². The van der Waals surface area contributed by atoms with E-state index < -0.39 is 17.5 Å². The minimum atomic E-state index is -0.641. The van der Waals surface area contributed by atoms with Gasteiger partial charge >= 0.3 is 0 Å². The number of hydrogen-bond donors (Lipinski definition) is 1. The second kappa shape index (κ2) is 4.74. The fourth-order valence-corrected chi connectivity index (χ4v) is 2.56. The second-order valence-electron chi connectivity index (χ2n) is 4.71. The maximum absolute atomic E-state index is 13.7. The Balaban J connectivity index is 2.00. The molecular formula is C15H12F3NO. The van der Waals surface area contributed by atoms with E-state index in [0.717, 1.165) is 6.07 Å². The van der Waals surface area contributed by atoms with Crippen molar-refractivity contribution >= 4 is 5.69 Å². The van der Waals surface area contributed by atoms with Crippen LogP contribution in [0.2, 0.25) is 0 Å². The summed E-state index contributed by atoms with van der Waals surface area (Å²) in [4.78, 5) is 0. The van der Waals surface area contributed by atoms with Gasteiger partial charge in [-0.15, -0.1) is 0 Å². The average Bonchev–Trinajstić information content (AvgIpc) is 2.82. The summed E-state index contributed by atoms with van der Waals surface area (Å²) in [7, 11) is 1.49. The molecule has 0 spiro atoms. The lowest BCUT2D eigenvalue weighted by atomic mass is 10.0. The smallest absolute Gasteiger partial charge is 0.149 e. The minimum absolute atomic E-state index is 0.266. The lowest BCUT2D eigenvalue weighted by Gasteiger charge is -2.15. The Bertz CT molecular complexity index is 672. The van der Waals surface area contributed by atoms with Crippen molar-refractivity contribution < 1.29 is 17.9 Å². The predicted molar refractivity (Wildman–Crippen MR) is 69.4 cm³/mol.